The summed E-state index contributed by atoms with van der Waals surface area (Å²) in [4.78, 5) is 0. The Bertz CT molecular complexity index is 768. The fourth-order valence-electron chi connectivity index (χ4n) is 3.91. The van der Waals surface area contributed by atoms with Gasteiger partial charge in [0.2, 0.25) is 0 Å². The van der Waals surface area contributed by atoms with Gasteiger partial charge >= 0.3 is 0 Å². The van der Waals surface area contributed by atoms with Gasteiger partial charge in [0.15, 0.2) is 0 Å². The third-order valence-electron chi connectivity index (χ3n) is 5.19. The first-order valence-corrected chi connectivity index (χ1v) is 11.7. The van der Waals surface area contributed by atoms with Crippen molar-refractivity contribution in [3.05, 3.63) is 96.6 Å². The molecular weight excluding hydrogens is 344 g/mol. The zero-order chi connectivity index (χ0) is 19.2. The van der Waals surface area contributed by atoms with Crippen molar-refractivity contribution >= 4 is 18.7 Å². The third kappa shape index (κ3) is 4.40. The second kappa shape index (κ2) is 8.68. The molecule has 0 unspecified atom stereocenters. The quantitative estimate of drug-likeness (QED) is 0.408. The van der Waals surface area contributed by atoms with Gasteiger partial charge in [-0.05, 0) is 33.8 Å². The molecule has 2 heteroatoms. The van der Waals surface area contributed by atoms with Crippen LogP contribution in [-0.2, 0) is 10.8 Å². The minimum atomic E-state index is -2.39. The molecule has 0 aliphatic heterocycles. The molecule has 3 aromatic carbocycles. The Hall–Kier alpha value is -2.16. The lowest BCUT2D eigenvalue weighted by Crippen LogP contribution is -2.66. The van der Waals surface area contributed by atoms with Crippen LogP contribution in [0.4, 0.5) is 0 Å². The lowest BCUT2D eigenvalue weighted by molar-refractivity contribution is 0.292. The highest BCUT2D eigenvalue weighted by molar-refractivity contribution is 6.99. The molecule has 0 aliphatic rings. The second-order valence-corrected chi connectivity index (χ2v) is 12.4. The van der Waals surface area contributed by atoms with Gasteiger partial charge in [-0.25, -0.2) is 0 Å². The van der Waals surface area contributed by atoms with E-state index in [-0.39, 0.29) is 5.04 Å². The molecule has 27 heavy (non-hydrogen) atoms. The maximum Gasteiger partial charge on any atom is 0.261 e. The normalized spacial score (nSPS) is 12.1. The van der Waals surface area contributed by atoms with Crippen LogP contribution in [0.2, 0.25) is 5.04 Å². The van der Waals surface area contributed by atoms with E-state index in [4.69, 9.17) is 4.43 Å². The summed E-state index contributed by atoms with van der Waals surface area (Å²) in [6.45, 7) is 7.77. The molecule has 1 nitrogen and oxygen atoms in total. The van der Waals surface area contributed by atoms with Crippen LogP contribution in [-0.4, -0.2) is 14.9 Å². The smallest absolute Gasteiger partial charge is 0.261 e. The lowest BCUT2D eigenvalue weighted by atomic mass is 10.1. The third-order valence-corrected chi connectivity index (χ3v) is 10.2. The summed E-state index contributed by atoms with van der Waals surface area (Å²) in [6, 6.07) is 32.4. The monoisotopic (exact) mass is 374 g/mol. The molecule has 3 rings (SSSR count). The van der Waals surface area contributed by atoms with Crippen molar-refractivity contribution in [3.8, 4) is 0 Å². The van der Waals surface area contributed by atoms with Crippen LogP contribution in [0.1, 0.15) is 32.8 Å². The number of rotatable bonds is 7. The largest absolute Gasteiger partial charge is 0.407 e. The van der Waals surface area contributed by atoms with Crippen molar-refractivity contribution in [3.63, 3.8) is 0 Å². The summed E-state index contributed by atoms with van der Waals surface area (Å²) >= 11 is 0. The molecule has 0 saturated heterocycles. The molecule has 3 aromatic rings. The van der Waals surface area contributed by atoms with Gasteiger partial charge in [-0.15, -0.1) is 0 Å². The Morgan fingerprint density at radius 2 is 1.11 bits per heavy atom. The highest BCUT2D eigenvalue weighted by Gasteiger charge is 2.49. The molecule has 0 radical (unpaired) electrons. The molecule has 0 bridgehead atoms. The van der Waals surface area contributed by atoms with Crippen LogP contribution in [0.3, 0.4) is 0 Å². The Morgan fingerprint density at radius 1 is 0.667 bits per heavy atom. The Morgan fingerprint density at radius 3 is 1.56 bits per heavy atom. The summed E-state index contributed by atoms with van der Waals surface area (Å²) in [7, 11) is -2.39. The first kappa shape index (κ1) is 19.6. The predicted octanol–water partition coefficient (Wildman–Crippen LogP) is 5.20. The molecule has 0 heterocycles. The first-order valence-electron chi connectivity index (χ1n) is 9.83. The molecule has 0 fully saturated rings. The Balaban J connectivity index is 1.89. The van der Waals surface area contributed by atoms with Crippen LogP contribution in [0.5, 0.6) is 0 Å². The number of aryl methyl sites for hydroxylation is 1. The van der Waals surface area contributed by atoms with Crippen molar-refractivity contribution in [2.24, 2.45) is 0 Å². The summed E-state index contributed by atoms with van der Waals surface area (Å²) in [5.41, 5.74) is 1.38. The van der Waals surface area contributed by atoms with E-state index in [2.05, 4.69) is 112 Å². The number of hydrogen-bond donors (Lipinski definition) is 0. The maximum absolute atomic E-state index is 6.93. The molecule has 0 spiro atoms. The van der Waals surface area contributed by atoms with Crippen LogP contribution in [0, 0.1) is 0 Å². The Labute approximate surface area is 165 Å². The van der Waals surface area contributed by atoms with Crippen LogP contribution >= 0.6 is 0 Å². The van der Waals surface area contributed by atoms with Gasteiger partial charge in [-0.3, -0.25) is 0 Å². The van der Waals surface area contributed by atoms with Gasteiger partial charge in [-0.1, -0.05) is 112 Å². The van der Waals surface area contributed by atoms with E-state index in [1.807, 2.05) is 0 Å². The van der Waals surface area contributed by atoms with Gasteiger partial charge in [0.1, 0.15) is 0 Å². The van der Waals surface area contributed by atoms with Gasteiger partial charge in [0, 0.05) is 6.61 Å². The van der Waals surface area contributed by atoms with Crippen LogP contribution < -0.4 is 10.4 Å². The summed E-state index contributed by atoms with van der Waals surface area (Å²) in [6.07, 6.45) is 2.09. The van der Waals surface area contributed by atoms with E-state index >= 15 is 0 Å². The highest BCUT2D eigenvalue weighted by atomic mass is 28.4. The van der Waals surface area contributed by atoms with E-state index in [0.29, 0.717) is 0 Å². The van der Waals surface area contributed by atoms with E-state index in [9.17, 15) is 0 Å². The van der Waals surface area contributed by atoms with Crippen molar-refractivity contribution < 1.29 is 4.43 Å². The van der Waals surface area contributed by atoms with E-state index in [1.54, 1.807) is 0 Å². The zero-order valence-corrected chi connectivity index (χ0v) is 17.7. The minimum Gasteiger partial charge on any atom is -0.407 e. The maximum atomic E-state index is 6.93. The summed E-state index contributed by atoms with van der Waals surface area (Å²) in [5.74, 6) is 0. The lowest BCUT2D eigenvalue weighted by Gasteiger charge is -2.43. The second-order valence-electron chi connectivity index (χ2n) is 8.10. The molecule has 0 amide bonds. The molecule has 0 atom stereocenters. The van der Waals surface area contributed by atoms with E-state index in [0.717, 1.165) is 19.4 Å². The molecule has 0 aromatic heterocycles. The average Bonchev–Trinajstić information content (AvgIpc) is 2.69. The standard InChI is InChI=1S/C25H30OSi/c1-25(2,3)27(23-17-9-5-10-18-23,24-19-11-6-12-20-24)26-21-13-16-22-14-7-4-8-15-22/h4-12,14-15,17-20H,13,16,21H2,1-3H3. The van der Waals surface area contributed by atoms with E-state index in [1.165, 1.54) is 15.9 Å². The predicted molar refractivity (Wildman–Crippen MR) is 118 cm³/mol. The SMILES string of the molecule is CC(C)(C)[Si](OCCCc1ccccc1)(c1ccccc1)c1ccccc1. The summed E-state index contributed by atoms with van der Waals surface area (Å²) < 4.78 is 6.93. The number of benzene rings is 3. The fraction of sp³-hybridized carbons (Fsp3) is 0.280. The molecule has 0 saturated carbocycles. The van der Waals surface area contributed by atoms with Crippen LogP contribution in [0.15, 0.2) is 91.0 Å². The highest BCUT2D eigenvalue weighted by Crippen LogP contribution is 2.36. The van der Waals surface area contributed by atoms with E-state index < -0.39 is 8.32 Å². The van der Waals surface area contributed by atoms with Crippen molar-refractivity contribution in [1.29, 1.82) is 0 Å². The van der Waals surface area contributed by atoms with Gasteiger partial charge in [0.25, 0.3) is 8.32 Å². The topological polar surface area (TPSA) is 9.23 Å². The zero-order valence-electron chi connectivity index (χ0n) is 16.7. The van der Waals surface area contributed by atoms with Gasteiger partial charge in [-0.2, -0.15) is 0 Å². The van der Waals surface area contributed by atoms with Gasteiger partial charge in [0.05, 0.1) is 0 Å². The molecule has 0 aliphatic carbocycles. The van der Waals surface area contributed by atoms with Crippen molar-refractivity contribution in [1.82, 2.24) is 0 Å². The Kier molecular flexibility index (Phi) is 6.30. The number of hydrogen-bond acceptors (Lipinski definition) is 1. The van der Waals surface area contributed by atoms with Gasteiger partial charge < -0.3 is 4.43 Å². The summed E-state index contributed by atoms with van der Waals surface area (Å²) in [5, 5.41) is 2.74. The first-order chi connectivity index (χ1) is 13.0. The van der Waals surface area contributed by atoms with Crippen LogP contribution in [0.25, 0.3) is 0 Å². The fourth-order valence-corrected chi connectivity index (χ4v) is 8.51. The average molecular weight is 375 g/mol. The van der Waals surface area contributed by atoms with Crippen molar-refractivity contribution in [2.75, 3.05) is 6.61 Å². The minimum absolute atomic E-state index is 0.0441. The van der Waals surface area contributed by atoms with Crippen molar-refractivity contribution in [2.45, 2.75) is 38.7 Å². The molecular formula is C25H30OSi. The molecule has 0 N–H and O–H groups in total. The molecule has 140 valence electrons.